The second-order valence-electron chi connectivity index (χ2n) is 5.13. The first-order chi connectivity index (χ1) is 8.25. The molecule has 1 heterocycles. The van der Waals surface area contributed by atoms with Gasteiger partial charge >= 0.3 is 6.03 Å². The van der Waals surface area contributed by atoms with Gasteiger partial charge in [-0.25, -0.2) is 9.78 Å². The van der Waals surface area contributed by atoms with E-state index in [1.54, 1.807) is 12.4 Å². The average Bonchev–Trinajstić information content (AvgIpc) is 2.82. The number of rotatable bonds is 3. The quantitative estimate of drug-likeness (QED) is 0.875. The zero-order chi connectivity index (χ0) is 12.1. The van der Waals surface area contributed by atoms with Gasteiger partial charge in [-0.1, -0.05) is 26.2 Å². The first-order valence-electron chi connectivity index (χ1n) is 6.52. The van der Waals surface area contributed by atoms with Gasteiger partial charge in [-0.15, -0.1) is 0 Å². The van der Waals surface area contributed by atoms with E-state index in [2.05, 4.69) is 17.2 Å². The van der Waals surface area contributed by atoms with Crippen LogP contribution in [0.15, 0.2) is 18.7 Å². The van der Waals surface area contributed by atoms with Gasteiger partial charge in [0.05, 0.1) is 0 Å². The van der Waals surface area contributed by atoms with Gasteiger partial charge in [-0.3, -0.25) is 4.57 Å². The molecule has 0 bridgehead atoms. The van der Waals surface area contributed by atoms with E-state index in [0.717, 1.165) is 24.8 Å². The number of carbonyl (C=O) groups excluding carboxylic acids is 1. The van der Waals surface area contributed by atoms with E-state index in [-0.39, 0.29) is 6.03 Å². The van der Waals surface area contributed by atoms with Gasteiger partial charge in [0.2, 0.25) is 0 Å². The van der Waals surface area contributed by atoms with E-state index in [0.29, 0.717) is 0 Å². The lowest BCUT2D eigenvalue weighted by Crippen LogP contribution is -2.30. The summed E-state index contributed by atoms with van der Waals surface area (Å²) in [6, 6.07) is -0.0774. The van der Waals surface area contributed by atoms with Gasteiger partial charge < -0.3 is 5.32 Å². The molecule has 2 rings (SSSR count). The highest BCUT2D eigenvalue weighted by atomic mass is 16.2. The van der Waals surface area contributed by atoms with Crippen LogP contribution >= 0.6 is 0 Å². The molecule has 0 spiro atoms. The first-order valence-corrected chi connectivity index (χ1v) is 6.52. The van der Waals surface area contributed by atoms with E-state index >= 15 is 0 Å². The zero-order valence-corrected chi connectivity index (χ0v) is 10.4. The van der Waals surface area contributed by atoms with Crippen LogP contribution in [-0.2, 0) is 0 Å². The standard InChI is InChI=1S/C13H21N3O/c1-11-3-2-4-12(9-11)5-6-15-13(17)16-8-7-14-10-16/h7-8,10-12H,2-6,9H2,1H3,(H,15,17). The highest BCUT2D eigenvalue weighted by Gasteiger charge is 2.18. The third-order valence-corrected chi connectivity index (χ3v) is 3.61. The van der Waals surface area contributed by atoms with Crippen LogP contribution in [0.3, 0.4) is 0 Å². The van der Waals surface area contributed by atoms with Gasteiger partial charge in [0.25, 0.3) is 0 Å². The molecule has 1 aliphatic rings. The Labute approximate surface area is 102 Å². The van der Waals surface area contributed by atoms with Crippen LogP contribution in [0.1, 0.15) is 39.0 Å². The monoisotopic (exact) mass is 235 g/mol. The van der Waals surface area contributed by atoms with Crippen molar-refractivity contribution in [3.8, 4) is 0 Å². The number of hydrogen-bond donors (Lipinski definition) is 1. The minimum atomic E-state index is -0.0774. The summed E-state index contributed by atoms with van der Waals surface area (Å²) in [5.41, 5.74) is 0. The Kier molecular flexibility index (Phi) is 4.18. The normalized spacial score (nSPS) is 24.5. The molecule has 0 aromatic carbocycles. The zero-order valence-electron chi connectivity index (χ0n) is 10.4. The fraction of sp³-hybridized carbons (Fsp3) is 0.692. The van der Waals surface area contributed by atoms with Crippen LogP contribution in [0, 0.1) is 11.8 Å². The summed E-state index contributed by atoms with van der Waals surface area (Å²) in [6.07, 6.45) is 11.3. The number of nitrogens with one attached hydrogen (secondary N) is 1. The third kappa shape index (κ3) is 3.58. The fourth-order valence-corrected chi connectivity index (χ4v) is 2.68. The Bertz CT molecular complexity index is 348. The Morgan fingerprint density at radius 3 is 3.12 bits per heavy atom. The second kappa shape index (κ2) is 5.84. The van der Waals surface area contributed by atoms with Gasteiger partial charge in [-0.05, 0) is 24.7 Å². The fourth-order valence-electron chi connectivity index (χ4n) is 2.68. The predicted octanol–water partition coefficient (Wildman–Crippen LogP) is 2.66. The van der Waals surface area contributed by atoms with E-state index in [4.69, 9.17) is 0 Å². The van der Waals surface area contributed by atoms with Crippen LogP contribution < -0.4 is 5.32 Å². The minimum absolute atomic E-state index is 0.0774. The molecule has 1 aromatic rings. The first kappa shape index (κ1) is 12.1. The summed E-state index contributed by atoms with van der Waals surface area (Å²) in [5, 5.41) is 2.93. The maximum absolute atomic E-state index is 11.6. The highest BCUT2D eigenvalue weighted by Crippen LogP contribution is 2.30. The Balaban J connectivity index is 1.67. The van der Waals surface area contributed by atoms with Gasteiger partial charge in [0.1, 0.15) is 6.33 Å². The summed E-state index contributed by atoms with van der Waals surface area (Å²) >= 11 is 0. The van der Waals surface area contributed by atoms with Gasteiger partial charge in [0, 0.05) is 18.9 Å². The van der Waals surface area contributed by atoms with Crippen molar-refractivity contribution in [1.82, 2.24) is 14.9 Å². The number of carbonyl (C=O) groups is 1. The highest BCUT2D eigenvalue weighted by molar-refractivity contribution is 5.76. The molecular formula is C13H21N3O. The minimum Gasteiger partial charge on any atom is -0.337 e. The van der Waals surface area contributed by atoms with E-state index in [1.165, 1.54) is 36.6 Å². The number of hydrogen-bond acceptors (Lipinski definition) is 2. The molecule has 17 heavy (non-hydrogen) atoms. The Hall–Kier alpha value is -1.32. The van der Waals surface area contributed by atoms with Crippen molar-refractivity contribution < 1.29 is 4.79 Å². The van der Waals surface area contributed by atoms with Crippen LogP contribution in [-0.4, -0.2) is 22.1 Å². The molecule has 1 aliphatic carbocycles. The number of aromatic nitrogens is 2. The maximum atomic E-state index is 11.6. The summed E-state index contributed by atoms with van der Waals surface area (Å²) in [4.78, 5) is 15.5. The molecule has 2 atom stereocenters. The maximum Gasteiger partial charge on any atom is 0.326 e. The Morgan fingerprint density at radius 1 is 1.53 bits per heavy atom. The summed E-state index contributed by atoms with van der Waals surface area (Å²) in [7, 11) is 0. The molecule has 0 saturated heterocycles. The van der Waals surface area contributed by atoms with Crippen molar-refractivity contribution >= 4 is 6.03 Å². The van der Waals surface area contributed by atoms with Crippen molar-refractivity contribution in [3.05, 3.63) is 18.7 Å². The molecule has 4 heteroatoms. The molecule has 0 aliphatic heterocycles. The molecule has 2 unspecified atom stereocenters. The lowest BCUT2D eigenvalue weighted by atomic mass is 9.81. The van der Waals surface area contributed by atoms with Gasteiger partial charge in [0.15, 0.2) is 0 Å². The van der Waals surface area contributed by atoms with Crippen LogP contribution in [0.4, 0.5) is 4.79 Å². The molecule has 4 nitrogen and oxygen atoms in total. The molecule has 1 amide bonds. The van der Waals surface area contributed by atoms with Crippen molar-refractivity contribution in [2.45, 2.75) is 39.0 Å². The molecule has 1 aromatic heterocycles. The van der Waals surface area contributed by atoms with Gasteiger partial charge in [-0.2, -0.15) is 0 Å². The van der Waals surface area contributed by atoms with E-state index in [1.807, 2.05) is 0 Å². The number of amides is 1. The molecule has 1 N–H and O–H groups in total. The van der Waals surface area contributed by atoms with Crippen molar-refractivity contribution in [3.63, 3.8) is 0 Å². The second-order valence-corrected chi connectivity index (χ2v) is 5.13. The molecule has 0 radical (unpaired) electrons. The molecule has 94 valence electrons. The number of imidazole rings is 1. The topological polar surface area (TPSA) is 46.9 Å². The lowest BCUT2D eigenvalue weighted by Gasteiger charge is -2.26. The molecular weight excluding hydrogens is 214 g/mol. The molecule has 1 fully saturated rings. The number of nitrogens with zero attached hydrogens (tertiary/aromatic N) is 2. The van der Waals surface area contributed by atoms with Crippen molar-refractivity contribution in [1.29, 1.82) is 0 Å². The third-order valence-electron chi connectivity index (χ3n) is 3.61. The summed E-state index contributed by atoms with van der Waals surface area (Å²) < 4.78 is 1.48. The van der Waals surface area contributed by atoms with Crippen LogP contribution in [0.25, 0.3) is 0 Å². The summed E-state index contributed by atoms with van der Waals surface area (Å²) in [6.45, 7) is 3.10. The van der Waals surface area contributed by atoms with Crippen LogP contribution in [0.5, 0.6) is 0 Å². The van der Waals surface area contributed by atoms with E-state index < -0.39 is 0 Å². The summed E-state index contributed by atoms with van der Waals surface area (Å²) in [5.74, 6) is 1.65. The predicted molar refractivity (Wildman–Crippen MR) is 66.8 cm³/mol. The molecule has 1 saturated carbocycles. The lowest BCUT2D eigenvalue weighted by molar-refractivity contribution is 0.237. The van der Waals surface area contributed by atoms with Crippen molar-refractivity contribution in [2.24, 2.45) is 11.8 Å². The smallest absolute Gasteiger partial charge is 0.326 e. The average molecular weight is 235 g/mol. The van der Waals surface area contributed by atoms with E-state index in [9.17, 15) is 4.79 Å². The van der Waals surface area contributed by atoms with Crippen molar-refractivity contribution in [2.75, 3.05) is 6.54 Å². The van der Waals surface area contributed by atoms with Crippen LogP contribution in [0.2, 0.25) is 0 Å². The largest absolute Gasteiger partial charge is 0.337 e. The Morgan fingerprint density at radius 2 is 2.41 bits per heavy atom. The SMILES string of the molecule is CC1CCCC(CCNC(=O)n2ccnc2)C1.